The molecule has 0 radical (unpaired) electrons. The molecule has 18 heavy (non-hydrogen) atoms. The predicted octanol–water partition coefficient (Wildman–Crippen LogP) is 5.19. The molecule has 3 heteroatoms. The zero-order valence-corrected chi connectivity index (χ0v) is 13.2. The predicted molar refractivity (Wildman–Crippen MR) is 81.6 cm³/mol. The van der Waals surface area contributed by atoms with E-state index in [0.717, 1.165) is 22.7 Å². The Hall–Kier alpha value is -0.0500. The van der Waals surface area contributed by atoms with Gasteiger partial charge in [0.05, 0.1) is 4.34 Å². The van der Waals surface area contributed by atoms with Crippen LogP contribution in [-0.2, 0) is 0 Å². The minimum atomic E-state index is 0.513. The van der Waals surface area contributed by atoms with E-state index in [2.05, 4.69) is 32.2 Å². The molecule has 102 valence electrons. The molecule has 1 aromatic rings. The number of nitrogens with one attached hydrogen (secondary N) is 1. The monoisotopic (exact) mass is 285 g/mol. The Labute approximate surface area is 120 Å². The van der Waals surface area contributed by atoms with Crippen LogP contribution in [0.5, 0.6) is 0 Å². The van der Waals surface area contributed by atoms with E-state index < -0.39 is 0 Å². The molecule has 1 saturated carbocycles. The van der Waals surface area contributed by atoms with Crippen molar-refractivity contribution in [1.82, 2.24) is 5.32 Å². The van der Waals surface area contributed by atoms with Crippen LogP contribution in [-0.4, -0.2) is 6.54 Å². The molecule has 0 spiro atoms. The maximum Gasteiger partial charge on any atom is 0.0960 e. The van der Waals surface area contributed by atoms with E-state index in [4.69, 9.17) is 11.6 Å². The van der Waals surface area contributed by atoms with Crippen molar-refractivity contribution in [3.63, 3.8) is 0 Å². The van der Waals surface area contributed by atoms with E-state index in [1.54, 1.807) is 11.3 Å². The number of thiophene rings is 1. The maximum atomic E-state index is 6.24. The molecule has 1 aromatic heterocycles. The van der Waals surface area contributed by atoms with Crippen LogP contribution in [0.2, 0.25) is 4.34 Å². The minimum Gasteiger partial charge on any atom is -0.309 e. The van der Waals surface area contributed by atoms with Gasteiger partial charge in [-0.1, -0.05) is 38.3 Å². The fraction of sp³-hybridized carbons (Fsp3) is 0.733. The van der Waals surface area contributed by atoms with Crippen LogP contribution in [0.4, 0.5) is 0 Å². The van der Waals surface area contributed by atoms with E-state index in [-0.39, 0.29) is 0 Å². The fourth-order valence-corrected chi connectivity index (χ4v) is 4.44. The van der Waals surface area contributed by atoms with Gasteiger partial charge in [-0.05, 0) is 49.8 Å². The summed E-state index contributed by atoms with van der Waals surface area (Å²) in [6, 6.07) is 2.80. The third kappa shape index (κ3) is 3.09. The lowest BCUT2D eigenvalue weighted by Crippen LogP contribution is -2.29. The van der Waals surface area contributed by atoms with Gasteiger partial charge in [0.25, 0.3) is 0 Å². The number of hydrogen-bond acceptors (Lipinski definition) is 2. The molecular weight excluding hydrogens is 262 g/mol. The van der Waals surface area contributed by atoms with Crippen molar-refractivity contribution in [3.05, 3.63) is 20.8 Å². The average Bonchev–Trinajstić information content (AvgIpc) is 2.88. The summed E-state index contributed by atoms with van der Waals surface area (Å²) in [6.45, 7) is 7.84. The number of rotatable bonds is 5. The maximum absolute atomic E-state index is 6.24. The Bertz CT molecular complexity index is 368. The largest absolute Gasteiger partial charge is 0.309 e. The highest BCUT2D eigenvalue weighted by molar-refractivity contribution is 7.16. The van der Waals surface area contributed by atoms with Crippen molar-refractivity contribution in [2.75, 3.05) is 6.54 Å². The van der Waals surface area contributed by atoms with E-state index in [1.807, 2.05) is 0 Å². The van der Waals surface area contributed by atoms with Gasteiger partial charge in [0.15, 0.2) is 0 Å². The minimum absolute atomic E-state index is 0.513. The van der Waals surface area contributed by atoms with Crippen molar-refractivity contribution < 1.29 is 0 Å². The Morgan fingerprint density at radius 3 is 2.78 bits per heavy atom. The summed E-state index contributed by atoms with van der Waals surface area (Å²) in [6.07, 6.45) is 5.31. The van der Waals surface area contributed by atoms with Gasteiger partial charge in [0.2, 0.25) is 0 Å². The topological polar surface area (TPSA) is 12.0 Å². The molecule has 1 aliphatic rings. The molecule has 1 fully saturated rings. The quantitative estimate of drug-likeness (QED) is 0.785. The molecule has 3 atom stereocenters. The first-order chi connectivity index (χ1) is 8.63. The van der Waals surface area contributed by atoms with E-state index in [9.17, 15) is 0 Å². The van der Waals surface area contributed by atoms with Gasteiger partial charge < -0.3 is 5.32 Å². The molecule has 1 N–H and O–H groups in total. The molecule has 3 unspecified atom stereocenters. The Morgan fingerprint density at radius 1 is 1.50 bits per heavy atom. The highest BCUT2D eigenvalue weighted by Gasteiger charge is 2.32. The summed E-state index contributed by atoms with van der Waals surface area (Å²) < 4.78 is 0.957. The molecule has 2 rings (SSSR count). The third-order valence-electron chi connectivity index (χ3n) is 4.15. The second-order valence-corrected chi connectivity index (χ2v) is 7.30. The number of aryl methyl sites for hydroxylation is 1. The smallest absolute Gasteiger partial charge is 0.0960 e. The van der Waals surface area contributed by atoms with Crippen molar-refractivity contribution >= 4 is 22.9 Å². The first-order valence-corrected chi connectivity index (χ1v) is 8.32. The fourth-order valence-electron chi connectivity index (χ4n) is 3.07. The van der Waals surface area contributed by atoms with E-state index >= 15 is 0 Å². The lowest BCUT2D eigenvalue weighted by atomic mass is 9.89. The highest BCUT2D eigenvalue weighted by atomic mass is 35.5. The highest BCUT2D eigenvalue weighted by Crippen LogP contribution is 2.43. The van der Waals surface area contributed by atoms with Crippen LogP contribution >= 0.6 is 22.9 Å². The SMILES string of the molecule is CCCNC(c1cc(C)c(Cl)s1)C1CCCC1C. The summed E-state index contributed by atoms with van der Waals surface area (Å²) in [5.41, 5.74) is 1.23. The number of halogens is 1. The van der Waals surface area contributed by atoms with Crippen LogP contribution in [0.25, 0.3) is 0 Å². The second kappa shape index (κ2) is 6.40. The van der Waals surface area contributed by atoms with Gasteiger partial charge in [-0.3, -0.25) is 0 Å². The molecular formula is C15H24ClNS. The lowest BCUT2D eigenvalue weighted by molar-refractivity contribution is 0.305. The van der Waals surface area contributed by atoms with Gasteiger partial charge in [0, 0.05) is 10.9 Å². The second-order valence-electron chi connectivity index (χ2n) is 5.61. The van der Waals surface area contributed by atoms with Crippen molar-refractivity contribution in [3.8, 4) is 0 Å². The summed E-state index contributed by atoms with van der Waals surface area (Å²) >= 11 is 8.01. The van der Waals surface area contributed by atoms with Crippen LogP contribution < -0.4 is 5.32 Å². The number of hydrogen-bond donors (Lipinski definition) is 1. The lowest BCUT2D eigenvalue weighted by Gasteiger charge is -2.27. The van der Waals surface area contributed by atoms with Gasteiger partial charge in [-0.25, -0.2) is 0 Å². The summed E-state index contributed by atoms with van der Waals surface area (Å²) in [5.74, 6) is 1.62. The molecule has 1 heterocycles. The Kier molecular flexibility index (Phi) is 5.11. The van der Waals surface area contributed by atoms with E-state index in [1.165, 1.54) is 36.1 Å². The molecule has 1 nitrogen and oxygen atoms in total. The summed E-state index contributed by atoms with van der Waals surface area (Å²) in [4.78, 5) is 1.43. The standard InChI is InChI=1S/C15H24ClNS/c1-4-8-17-14(12-7-5-6-10(12)2)13-9-11(3)15(16)18-13/h9-10,12,14,17H,4-8H2,1-3H3. The molecule has 0 aromatic carbocycles. The van der Waals surface area contributed by atoms with Gasteiger partial charge in [0.1, 0.15) is 0 Å². The molecule has 0 bridgehead atoms. The van der Waals surface area contributed by atoms with Crippen molar-refractivity contribution in [1.29, 1.82) is 0 Å². The summed E-state index contributed by atoms with van der Waals surface area (Å²) in [5, 5.41) is 3.75. The average molecular weight is 286 g/mol. The Morgan fingerprint density at radius 2 is 2.28 bits per heavy atom. The van der Waals surface area contributed by atoms with Gasteiger partial charge in [-0.15, -0.1) is 11.3 Å². The normalized spacial score (nSPS) is 25.6. The molecule has 1 aliphatic carbocycles. The molecule has 0 saturated heterocycles. The summed E-state index contributed by atoms with van der Waals surface area (Å²) in [7, 11) is 0. The van der Waals surface area contributed by atoms with Crippen LogP contribution in [0.15, 0.2) is 6.07 Å². The van der Waals surface area contributed by atoms with Crippen molar-refractivity contribution in [2.45, 2.75) is 52.5 Å². The van der Waals surface area contributed by atoms with Crippen LogP contribution in [0.3, 0.4) is 0 Å². The van der Waals surface area contributed by atoms with Crippen molar-refractivity contribution in [2.24, 2.45) is 11.8 Å². The first kappa shape index (κ1) is 14.4. The zero-order valence-electron chi connectivity index (χ0n) is 11.6. The van der Waals surface area contributed by atoms with Gasteiger partial charge in [-0.2, -0.15) is 0 Å². The zero-order chi connectivity index (χ0) is 13.1. The molecule has 0 amide bonds. The Balaban J connectivity index is 2.18. The first-order valence-electron chi connectivity index (χ1n) is 7.12. The third-order valence-corrected chi connectivity index (χ3v) is 5.79. The van der Waals surface area contributed by atoms with E-state index in [0.29, 0.717) is 6.04 Å². The van der Waals surface area contributed by atoms with Gasteiger partial charge >= 0.3 is 0 Å². The molecule has 0 aliphatic heterocycles. The van der Waals surface area contributed by atoms with Crippen LogP contribution in [0, 0.1) is 18.8 Å². The van der Waals surface area contributed by atoms with Crippen LogP contribution in [0.1, 0.15) is 56.0 Å².